The summed E-state index contributed by atoms with van der Waals surface area (Å²) in [5, 5.41) is 5.78. The number of hydrogen-bond acceptors (Lipinski definition) is 3. The molecule has 0 unspecified atom stereocenters. The Hall–Kier alpha value is -0.810. The molecule has 5 nitrogen and oxygen atoms in total. The Morgan fingerprint density at radius 2 is 1.68 bits per heavy atom. The number of carbonyl (C=O) groups is 1. The van der Waals surface area contributed by atoms with Crippen molar-refractivity contribution in [3.8, 4) is 0 Å². The number of nitrogens with zero attached hydrogens (tertiary/aromatic N) is 1. The summed E-state index contributed by atoms with van der Waals surface area (Å²) in [5.74, 6) is 0. The molecule has 112 valence electrons. The minimum absolute atomic E-state index is 0.0255. The van der Waals surface area contributed by atoms with Crippen LogP contribution in [0.1, 0.15) is 39.0 Å². The molecule has 1 aliphatic rings. The zero-order valence-electron chi connectivity index (χ0n) is 12.2. The highest BCUT2D eigenvalue weighted by Crippen LogP contribution is 1.99. The second-order valence-electron chi connectivity index (χ2n) is 5.05. The average molecular weight is 271 g/mol. The molecule has 0 radical (unpaired) electrons. The first-order valence-electron chi connectivity index (χ1n) is 7.64. The lowest BCUT2D eigenvalue weighted by atomic mass is 10.2. The van der Waals surface area contributed by atoms with Gasteiger partial charge in [0.25, 0.3) is 0 Å². The predicted molar refractivity (Wildman–Crippen MR) is 77.4 cm³/mol. The zero-order valence-corrected chi connectivity index (χ0v) is 12.2. The molecule has 1 aliphatic heterocycles. The van der Waals surface area contributed by atoms with Gasteiger partial charge in [-0.3, -0.25) is 4.90 Å². The van der Waals surface area contributed by atoms with Crippen molar-refractivity contribution >= 4 is 6.03 Å². The van der Waals surface area contributed by atoms with E-state index < -0.39 is 0 Å². The Kier molecular flexibility index (Phi) is 9.45. The van der Waals surface area contributed by atoms with Gasteiger partial charge in [0.15, 0.2) is 0 Å². The van der Waals surface area contributed by atoms with Gasteiger partial charge in [0, 0.05) is 26.2 Å². The monoisotopic (exact) mass is 271 g/mol. The number of hydrogen-bond donors (Lipinski definition) is 2. The molecule has 0 atom stereocenters. The van der Waals surface area contributed by atoms with Crippen molar-refractivity contribution in [1.29, 1.82) is 0 Å². The maximum Gasteiger partial charge on any atom is 0.314 e. The number of carbonyl (C=O) groups excluding carboxylic acids is 1. The molecule has 0 aromatic heterocycles. The van der Waals surface area contributed by atoms with Crippen molar-refractivity contribution in [3.05, 3.63) is 0 Å². The number of nitrogens with one attached hydrogen (secondary N) is 2. The summed E-state index contributed by atoms with van der Waals surface area (Å²) in [6.07, 6.45) is 5.61. The van der Waals surface area contributed by atoms with Crippen LogP contribution in [0.5, 0.6) is 0 Å². The van der Waals surface area contributed by atoms with Crippen LogP contribution in [0, 0.1) is 0 Å². The van der Waals surface area contributed by atoms with Gasteiger partial charge in [0.05, 0.1) is 13.2 Å². The van der Waals surface area contributed by atoms with Gasteiger partial charge in [-0.1, -0.05) is 19.8 Å². The Bertz CT molecular complexity index is 231. The van der Waals surface area contributed by atoms with Crippen molar-refractivity contribution in [2.45, 2.75) is 39.0 Å². The number of morpholine rings is 1. The molecule has 1 rings (SSSR count). The molecule has 1 fully saturated rings. The van der Waals surface area contributed by atoms with Crippen LogP contribution in [-0.4, -0.2) is 56.9 Å². The molecular weight excluding hydrogens is 242 g/mol. The first-order valence-corrected chi connectivity index (χ1v) is 7.64. The Morgan fingerprint density at radius 3 is 2.32 bits per heavy atom. The summed E-state index contributed by atoms with van der Waals surface area (Å²) in [6, 6.07) is -0.0255. The fourth-order valence-electron chi connectivity index (χ4n) is 2.13. The predicted octanol–water partition coefficient (Wildman–Crippen LogP) is 1.59. The lowest BCUT2D eigenvalue weighted by Crippen LogP contribution is -2.38. The van der Waals surface area contributed by atoms with Crippen LogP contribution in [0.15, 0.2) is 0 Å². The summed E-state index contributed by atoms with van der Waals surface area (Å²) < 4.78 is 5.31. The molecule has 0 aromatic rings. The highest BCUT2D eigenvalue weighted by Gasteiger charge is 2.09. The fourth-order valence-corrected chi connectivity index (χ4v) is 2.13. The van der Waals surface area contributed by atoms with Gasteiger partial charge < -0.3 is 15.4 Å². The van der Waals surface area contributed by atoms with Gasteiger partial charge in [-0.2, -0.15) is 0 Å². The van der Waals surface area contributed by atoms with Crippen molar-refractivity contribution in [3.63, 3.8) is 0 Å². The number of ether oxygens (including phenoxy) is 1. The minimum atomic E-state index is -0.0255. The summed E-state index contributed by atoms with van der Waals surface area (Å²) in [6.45, 7) is 8.64. The Balaban J connectivity index is 1.85. The van der Waals surface area contributed by atoms with Crippen molar-refractivity contribution in [2.24, 2.45) is 0 Å². The third-order valence-corrected chi connectivity index (χ3v) is 3.36. The highest BCUT2D eigenvalue weighted by molar-refractivity contribution is 5.73. The van der Waals surface area contributed by atoms with E-state index in [0.717, 1.165) is 65.2 Å². The second kappa shape index (κ2) is 11.1. The van der Waals surface area contributed by atoms with Gasteiger partial charge in [-0.25, -0.2) is 4.79 Å². The average Bonchev–Trinajstić information content (AvgIpc) is 2.44. The largest absolute Gasteiger partial charge is 0.379 e. The summed E-state index contributed by atoms with van der Waals surface area (Å²) >= 11 is 0. The van der Waals surface area contributed by atoms with Crippen LogP contribution in [0.4, 0.5) is 4.79 Å². The van der Waals surface area contributed by atoms with E-state index in [2.05, 4.69) is 22.5 Å². The molecule has 1 saturated heterocycles. The first-order chi connectivity index (χ1) is 9.33. The van der Waals surface area contributed by atoms with Gasteiger partial charge in [0.1, 0.15) is 0 Å². The van der Waals surface area contributed by atoms with E-state index in [1.807, 2.05) is 0 Å². The molecule has 1 heterocycles. The van der Waals surface area contributed by atoms with Crippen LogP contribution in [-0.2, 0) is 4.74 Å². The molecule has 5 heteroatoms. The van der Waals surface area contributed by atoms with Crippen molar-refractivity contribution in [2.75, 3.05) is 45.9 Å². The molecule has 0 aliphatic carbocycles. The van der Waals surface area contributed by atoms with Gasteiger partial charge in [-0.05, 0) is 25.8 Å². The molecule has 2 N–H and O–H groups in total. The van der Waals surface area contributed by atoms with Crippen molar-refractivity contribution in [1.82, 2.24) is 15.5 Å². The van der Waals surface area contributed by atoms with Crippen LogP contribution in [0.3, 0.4) is 0 Å². The molecule has 0 spiro atoms. The summed E-state index contributed by atoms with van der Waals surface area (Å²) in [4.78, 5) is 13.8. The molecule has 2 amide bonds. The van der Waals surface area contributed by atoms with E-state index in [4.69, 9.17) is 4.74 Å². The van der Waals surface area contributed by atoms with E-state index in [1.54, 1.807) is 0 Å². The third-order valence-electron chi connectivity index (χ3n) is 3.36. The quantitative estimate of drug-likeness (QED) is 0.626. The maximum atomic E-state index is 11.4. The molecular formula is C14H29N3O2. The van der Waals surface area contributed by atoms with E-state index in [1.165, 1.54) is 12.8 Å². The second-order valence-corrected chi connectivity index (χ2v) is 5.05. The Morgan fingerprint density at radius 1 is 1.05 bits per heavy atom. The number of amides is 2. The topological polar surface area (TPSA) is 53.6 Å². The molecule has 19 heavy (non-hydrogen) atoms. The molecule has 0 bridgehead atoms. The summed E-state index contributed by atoms with van der Waals surface area (Å²) in [5.41, 5.74) is 0. The van der Waals surface area contributed by atoms with Crippen LogP contribution in [0.25, 0.3) is 0 Å². The normalized spacial score (nSPS) is 16.3. The molecule has 0 saturated carbocycles. The highest BCUT2D eigenvalue weighted by atomic mass is 16.5. The standard InChI is InChI=1S/C14H29N3O2/c1-2-3-4-7-15-14(18)16-8-5-6-9-17-10-12-19-13-11-17/h2-13H2,1H3,(H2,15,16,18). The van der Waals surface area contributed by atoms with E-state index in [0.29, 0.717) is 0 Å². The van der Waals surface area contributed by atoms with E-state index in [9.17, 15) is 4.79 Å². The van der Waals surface area contributed by atoms with Gasteiger partial charge in [-0.15, -0.1) is 0 Å². The van der Waals surface area contributed by atoms with Gasteiger partial charge >= 0.3 is 6.03 Å². The van der Waals surface area contributed by atoms with Gasteiger partial charge in [0.2, 0.25) is 0 Å². The fraction of sp³-hybridized carbons (Fsp3) is 0.929. The lowest BCUT2D eigenvalue weighted by molar-refractivity contribution is 0.0372. The zero-order chi connectivity index (χ0) is 13.8. The SMILES string of the molecule is CCCCCNC(=O)NCCCCN1CCOCC1. The van der Waals surface area contributed by atoms with Crippen molar-refractivity contribution < 1.29 is 9.53 Å². The summed E-state index contributed by atoms with van der Waals surface area (Å²) in [7, 11) is 0. The lowest BCUT2D eigenvalue weighted by Gasteiger charge is -2.26. The first kappa shape index (κ1) is 16.2. The molecule has 0 aromatic carbocycles. The van der Waals surface area contributed by atoms with E-state index in [-0.39, 0.29) is 6.03 Å². The van der Waals surface area contributed by atoms with Crippen LogP contribution in [0.2, 0.25) is 0 Å². The number of unbranched alkanes of at least 4 members (excludes halogenated alkanes) is 3. The van der Waals surface area contributed by atoms with Crippen LogP contribution < -0.4 is 10.6 Å². The maximum absolute atomic E-state index is 11.4. The minimum Gasteiger partial charge on any atom is -0.379 e. The third kappa shape index (κ3) is 8.83. The van der Waals surface area contributed by atoms with Crippen LogP contribution >= 0.6 is 0 Å². The Labute approximate surface area is 117 Å². The smallest absolute Gasteiger partial charge is 0.314 e. The number of urea groups is 1. The number of rotatable bonds is 9. The van der Waals surface area contributed by atoms with E-state index >= 15 is 0 Å².